The summed E-state index contributed by atoms with van der Waals surface area (Å²) in [5, 5.41) is 5.68. The molecule has 0 spiro atoms. The number of hydrogen-bond acceptors (Lipinski definition) is 6. The van der Waals surface area contributed by atoms with Gasteiger partial charge in [-0.1, -0.05) is 24.8 Å². The lowest BCUT2D eigenvalue weighted by Gasteiger charge is -2.14. The van der Waals surface area contributed by atoms with Gasteiger partial charge in [0.1, 0.15) is 12.4 Å². The topological polar surface area (TPSA) is 79.4 Å². The predicted octanol–water partition coefficient (Wildman–Crippen LogP) is 5.11. The molecule has 7 nitrogen and oxygen atoms in total. The molecule has 3 aromatic rings. The van der Waals surface area contributed by atoms with Gasteiger partial charge in [-0.05, 0) is 61.2 Å². The highest BCUT2D eigenvalue weighted by atomic mass is 19.1. The minimum Gasteiger partial charge on any atom is -0.436 e. The number of rotatable bonds is 10. The number of nitrogens with zero attached hydrogens (tertiary/aromatic N) is 3. The first kappa shape index (κ1) is 24.3. The molecule has 2 aromatic carbocycles. The molecular weight excluding hydrogens is 452 g/mol. The molecule has 1 saturated heterocycles. The summed E-state index contributed by atoms with van der Waals surface area (Å²) >= 11 is 0. The molecular formula is C26H27F2N5O2. The summed E-state index contributed by atoms with van der Waals surface area (Å²) in [6.45, 7) is 5.51. The first-order chi connectivity index (χ1) is 17.0. The third kappa shape index (κ3) is 6.83. The highest BCUT2D eigenvalue weighted by molar-refractivity contribution is 5.98. The van der Waals surface area contributed by atoms with E-state index < -0.39 is 5.82 Å². The lowest BCUT2D eigenvalue weighted by Crippen LogP contribution is -2.23. The summed E-state index contributed by atoms with van der Waals surface area (Å²) in [7, 11) is 0. The number of halogens is 2. The fourth-order valence-corrected chi connectivity index (χ4v) is 4.01. The van der Waals surface area contributed by atoms with Gasteiger partial charge in [-0.15, -0.1) is 0 Å². The van der Waals surface area contributed by atoms with Crippen molar-refractivity contribution in [3.63, 3.8) is 0 Å². The fraction of sp³-hybridized carbons (Fsp3) is 0.269. The van der Waals surface area contributed by atoms with Crippen molar-refractivity contribution in [2.24, 2.45) is 5.92 Å². The van der Waals surface area contributed by atoms with Crippen LogP contribution in [0.2, 0.25) is 0 Å². The normalized spacial score (nSPS) is 15.5. The van der Waals surface area contributed by atoms with Gasteiger partial charge in [0.05, 0.1) is 6.20 Å². The Morgan fingerprint density at radius 3 is 2.83 bits per heavy atom. The van der Waals surface area contributed by atoms with Crippen LogP contribution in [0.15, 0.2) is 67.4 Å². The van der Waals surface area contributed by atoms with Crippen molar-refractivity contribution in [2.75, 3.05) is 36.9 Å². The van der Waals surface area contributed by atoms with E-state index in [9.17, 15) is 13.6 Å². The van der Waals surface area contributed by atoms with E-state index in [1.54, 1.807) is 24.3 Å². The van der Waals surface area contributed by atoms with Crippen LogP contribution in [-0.4, -0.2) is 47.1 Å². The second-order valence-corrected chi connectivity index (χ2v) is 8.34. The van der Waals surface area contributed by atoms with E-state index in [0.717, 1.165) is 43.9 Å². The maximum atomic E-state index is 14.3. The fourth-order valence-electron chi connectivity index (χ4n) is 4.01. The van der Waals surface area contributed by atoms with Crippen LogP contribution in [0.1, 0.15) is 12.0 Å². The Hall–Kier alpha value is -3.85. The zero-order valence-electron chi connectivity index (χ0n) is 19.2. The summed E-state index contributed by atoms with van der Waals surface area (Å²) < 4.78 is 32.4. The van der Waals surface area contributed by atoms with Crippen molar-refractivity contribution in [3.05, 3.63) is 78.8 Å². The van der Waals surface area contributed by atoms with E-state index in [1.165, 1.54) is 5.56 Å². The predicted molar refractivity (Wildman–Crippen MR) is 131 cm³/mol. The second kappa shape index (κ2) is 11.5. The number of benzene rings is 2. The Labute approximate surface area is 202 Å². The van der Waals surface area contributed by atoms with Crippen molar-refractivity contribution in [1.29, 1.82) is 0 Å². The Morgan fingerprint density at radius 2 is 2.06 bits per heavy atom. The largest absolute Gasteiger partial charge is 0.436 e. The second-order valence-electron chi connectivity index (χ2n) is 8.34. The molecule has 1 fully saturated rings. The van der Waals surface area contributed by atoms with Crippen LogP contribution in [0.3, 0.4) is 0 Å². The number of nitrogens with one attached hydrogen (secondary N) is 2. The number of carbonyl (C=O) groups is 1. The van der Waals surface area contributed by atoms with E-state index >= 15 is 0 Å². The van der Waals surface area contributed by atoms with E-state index in [-0.39, 0.29) is 24.4 Å². The average Bonchev–Trinajstić information content (AvgIpc) is 3.29. The Morgan fingerprint density at radius 1 is 1.23 bits per heavy atom. The standard InChI is InChI=1S/C26H27F2N5O2/c1-2-24(34)30-21-4-3-5-22(15-21)35-25-23(28)16-29-26(32-25)31-20-8-6-18(7-9-20)14-19-10-12-33(17-19)13-11-27/h2-9,15-16,19H,1,10-14,17H2,(H,30,34)(H,29,31,32)/t19-/m1/s1. The number of likely N-dealkylation sites (tertiary alicyclic amines) is 1. The molecule has 1 aliphatic heterocycles. The molecule has 0 bridgehead atoms. The van der Waals surface area contributed by atoms with Crippen molar-refractivity contribution >= 4 is 23.2 Å². The third-order valence-corrected chi connectivity index (χ3v) is 5.72. The minimum absolute atomic E-state index is 0.183. The number of ether oxygens (including phenoxy) is 1. The summed E-state index contributed by atoms with van der Waals surface area (Å²) in [5.41, 5.74) is 2.44. The van der Waals surface area contributed by atoms with Gasteiger partial charge in [0, 0.05) is 30.5 Å². The molecule has 1 atom stereocenters. The molecule has 35 heavy (non-hydrogen) atoms. The van der Waals surface area contributed by atoms with Gasteiger partial charge in [-0.3, -0.25) is 4.79 Å². The summed E-state index contributed by atoms with van der Waals surface area (Å²) in [6, 6.07) is 14.4. The molecule has 4 rings (SSSR count). The van der Waals surface area contributed by atoms with Crippen molar-refractivity contribution in [2.45, 2.75) is 12.8 Å². The zero-order valence-corrected chi connectivity index (χ0v) is 19.2. The molecule has 182 valence electrons. The molecule has 0 saturated carbocycles. The van der Waals surface area contributed by atoms with Gasteiger partial charge in [0.25, 0.3) is 5.88 Å². The maximum absolute atomic E-state index is 14.3. The lowest BCUT2D eigenvalue weighted by molar-refractivity contribution is -0.111. The Kier molecular flexibility index (Phi) is 7.99. The van der Waals surface area contributed by atoms with E-state index in [1.807, 2.05) is 24.3 Å². The monoisotopic (exact) mass is 479 g/mol. The van der Waals surface area contributed by atoms with Gasteiger partial charge in [-0.25, -0.2) is 9.37 Å². The number of hydrogen-bond donors (Lipinski definition) is 2. The van der Waals surface area contributed by atoms with Crippen LogP contribution in [0.25, 0.3) is 0 Å². The zero-order chi connectivity index (χ0) is 24.6. The van der Waals surface area contributed by atoms with Crippen LogP contribution in [0.5, 0.6) is 11.6 Å². The maximum Gasteiger partial charge on any atom is 0.260 e. The molecule has 0 radical (unpaired) electrons. The number of carbonyl (C=O) groups excluding carboxylic acids is 1. The van der Waals surface area contributed by atoms with Gasteiger partial charge in [0.2, 0.25) is 17.7 Å². The van der Waals surface area contributed by atoms with E-state index in [0.29, 0.717) is 23.9 Å². The Bertz CT molecular complexity index is 1170. The third-order valence-electron chi connectivity index (χ3n) is 5.72. The summed E-state index contributed by atoms with van der Waals surface area (Å²) in [5.74, 6) is -0.311. The molecule has 2 heterocycles. The number of alkyl halides is 1. The lowest BCUT2D eigenvalue weighted by atomic mass is 9.98. The SMILES string of the molecule is C=CC(=O)Nc1cccc(Oc2nc(Nc3ccc(C[C@H]4CCN(CCF)C4)cc3)ncc2F)c1. The molecule has 1 aliphatic rings. The van der Waals surface area contributed by atoms with Crippen LogP contribution in [-0.2, 0) is 11.2 Å². The van der Waals surface area contributed by atoms with Crippen molar-refractivity contribution in [3.8, 4) is 11.6 Å². The minimum atomic E-state index is -0.718. The number of aromatic nitrogens is 2. The van der Waals surface area contributed by atoms with Gasteiger partial charge >= 0.3 is 0 Å². The Balaban J connectivity index is 1.38. The highest BCUT2D eigenvalue weighted by Gasteiger charge is 2.22. The summed E-state index contributed by atoms with van der Waals surface area (Å²) in [6.07, 6.45) is 4.21. The first-order valence-corrected chi connectivity index (χ1v) is 11.4. The highest BCUT2D eigenvalue weighted by Crippen LogP contribution is 2.27. The molecule has 9 heteroatoms. The van der Waals surface area contributed by atoms with Crippen LogP contribution in [0, 0.1) is 11.7 Å². The van der Waals surface area contributed by atoms with Crippen molar-refractivity contribution in [1.82, 2.24) is 14.9 Å². The average molecular weight is 480 g/mol. The van der Waals surface area contributed by atoms with Gasteiger partial charge in [-0.2, -0.15) is 9.37 Å². The van der Waals surface area contributed by atoms with E-state index in [2.05, 4.69) is 32.1 Å². The van der Waals surface area contributed by atoms with Crippen LogP contribution >= 0.6 is 0 Å². The molecule has 0 unspecified atom stereocenters. The first-order valence-electron chi connectivity index (χ1n) is 11.4. The van der Waals surface area contributed by atoms with Crippen molar-refractivity contribution < 1.29 is 18.3 Å². The molecule has 1 amide bonds. The smallest absolute Gasteiger partial charge is 0.260 e. The summed E-state index contributed by atoms with van der Waals surface area (Å²) in [4.78, 5) is 21.8. The number of anilines is 3. The molecule has 1 aromatic heterocycles. The molecule has 2 N–H and O–H groups in total. The van der Waals surface area contributed by atoms with Gasteiger partial charge in [0.15, 0.2) is 0 Å². The van der Waals surface area contributed by atoms with Crippen LogP contribution < -0.4 is 15.4 Å². The molecule has 0 aliphatic carbocycles. The van der Waals surface area contributed by atoms with E-state index in [4.69, 9.17) is 4.74 Å². The number of amides is 1. The van der Waals surface area contributed by atoms with Crippen LogP contribution in [0.4, 0.5) is 26.1 Å². The van der Waals surface area contributed by atoms with Gasteiger partial charge < -0.3 is 20.3 Å². The quantitative estimate of drug-likeness (QED) is 0.394.